The van der Waals surface area contributed by atoms with Crippen LogP contribution in [0.25, 0.3) is 4.85 Å². The van der Waals surface area contributed by atoms with E-state index in [1.54, 1.807) is 0 Å². The molecule has 58 valence electrons. The van der Waals surface area contributed by atoms with E-state index in [-0.39, 0.29) is 11.6 Å². The third-order valence-corrected chi connectivity index (χ3v) is 2.30. The maximum atomic E-state index is 8.54. The number of allylic oxidation sites excluding steroid dienone is 2. The van der Waals surface area contributed by atoms with Crippen LogP contribution in [0.4, 0.5) is 0 Å². The molecule has 0 saturated carbocycles. The Bertz CT molecular complexity index is 224. The smallest absolute Gasteiger partial charge is 0.226 e. The van der Waals surface area contributed by atoms with Crippen molar-refractivity contribution < 1.29 is 0 Å². The summed E-state index contributed by atoms with van der Waals surface area (Å²) in [5.74, 6) is 0.272. The maximum Gasteiger partial charge on any atom is 0.271 e. The van der Waals surface area contributed by atoms with Crippen LogP contribution in [0, 0.1) is 23.8 Å². The van der Waals surface area contributed by atoms with Crippen LogP contribution in [0.2, 0.25) is 0 Å². The molecule has 0 rings (SSSR count). The van der Waals surface area contributed by atoms with Gasteiger partial charge in [-0.05, 0) is 12.2 Å². The number of nitrogens with zero attached hydrogens (tertiary/aromatic N) is 2. The normalized spacial score (nSPS) is 11.8. The van der Waals surface area contributed by atoms with Gasteiger partial charge < -0.3 is 0 Å². The van der Waals surface area contributed by atoms with Gasteiger partial charge in [-0.25, -0.2) is 10.1 Å². The van der Waals surface area contributed by atoms with Gasteiger partial charge >= 0.3 is 0 Å². The largest absolute Gasteiger partial charge is 0.271 e. The molecule has 0 unspecified atom stereocenters. The summed E-state index contributed by atoms with van der Waals surface area (Å²) in [5.41, 5.74) is 0.229. The first-order valence-corrected chi connectivity index (χ1v) is 4.45. The molecule has 0 amide bonds. The van der Waals surface area contributed by atoms with Gasteiger partial charge in [0, 0.05) is 4.91 Å². The van der Waals surface area contributed by atoms with Crippen molar-refractivity contribution in [3.05, 3.63) is 22.0 Å². The minimum Gasteiger partial charge on any atom is -0.226 e. The molecule has 0 atom stereocenters. The summed E-state index contributed by atoms with van der Waals surface area (Å²) in [4.78, 5) is 4.02. The molecule has 0 aliphatic rings. The topological polar surface area (TPSA) is 28.1 Å². The zero-order valence-corrected chi connectivity index (χ0v) is 7.70. The van der Waals surface area contributed by atoms with E-state index >= 15 is 0 Å². The van der Waals surface area contributed by atoms with Crippen LogP contribution in [-0.4, -0.2) is 6.26 Å². The van der Waals surface area contributed by atoms with Crippen LogP contribution in [-0.2, 0) is 0 Å². The molecule has 2 nitrogen and oxygen atoms in total. The maximum absolute atomic E-state index is 8.54. The predicted molar refractivity (Wildman–Crippen MR) is 47.6 cm³/mol. The van der Waals surface area contributed by atoms with Crippen molar-refractivity contribution in [3.63, 3.8) is 0 Å². The van der Waals surface area contributed by atoms with Gasteiger partial charge in [-0.15, -0.1) is 11.8 Å². The fourth-order valence-electron chi connectivity index (χ4n) is 0.741. The van der Waals surface area contributed by atoms with E-state index in [1.807, 2.05) is 26.2 Å². The average Bonchev–Trinajstić information content (AvgIpc) is 1.99. The molecule has 0 fully saturated rings. The molecule has 0 radical (unpaired) electrons. The third kappa shape index (κ3) is 2.65. The average molecular weight is 166 g/mol. The molecule has 0 spiro atoms. The van der Waals surface area contributed by atoms with Gasteiger partial charge in [0.1, 0.15) is 0 Å². The highest BCUT2D eigenvalue weighted by molar-refractivity contribution is 8.02. The Hall–Kier alpha value is -0.930. The summed E-state index contributed by atoms with van der Waals surface area (Å²) in [6.45, 7) is 10.7. The number of nitriles is 1. The minimum absolute atomic E-state index is 0.229. The standard InChI is InChI=1S/C8H10N2S/c1-6(2)8(11-4)7(5-9)10-3/h6H,1-2,4H3. The molecule has 0 aliphatic heterocycles. The number of thioether (sulfide) groups is 1. The fourth-order valence-corrected chi connectivity index (χ4v) is 1.50. The summed E-state index contributed by atoms with van der Waals surface area (Å²) < 4.78 is 0. The molecule has 11 heavy (non-hydrogen) atoms. The van der Waals surface area contributed by atoms with Crippen LogP contribution in [0.1, 0.15) is 13.8 Å². The number of hydrogen-bond acceptors (Lipinski definition) is 2. The Balaban J connectivity index is 4.86. The number of rotatable bonds is 2. The van der Waals surface area contributed by atoms with Gasteiger partial charge in [-0.2, -0.15) is 0 Å². The summed E-state index contributed by atoms with van der Waals surface area (Å²) in [7, 11) is 0. The lowest BCUT2D eigenvalue weighted by atomic mass is 10.2. The summed E-state index contributed by atoms with van der Waals surface area (Å²) in [6, 6.07) is 1.89. The zero-order valence-electron chi connectivity index (χ0n) is 6.88. The van der Waals surface area contributed by atoms with E-state index in [9.17, 15) is 0 Å². The quantitative estimate of drug-likeness (QED) is 0.466. The molecule has 0 bridgehead atoms. The van der Waals surface area contributed by atoms with E-state index in [4.69, 9.17) is 11.8 Å². The number of hydrogen-bond donors (Lipinski definition) is 0. The van der Waals surface area contributed by atoms with Crippen molar-refractivity contribution in [1.29, 1.82) is 5.26 Å². The lowest BCUT2D eigenvalue weighted by molar-refractivity contribution is 0.813. The third-order valence-electron chi connectivity index (χ3n) is 1.20. The van der Waals surface area contributed by atoms with Gasteiger partial charge in [0.15, 0.2) is 0 Å². The lowest BCUT2D eigenvalue weighted by Crippen LogP contribution is -1.91. The minimum atomic E-state index is 0.229. The van der Waals surface area contributed by atoms with Crippen LogP contribution in [0.3, 0.4) is 0 Å². The molecular weight excluding hydrogens is 156 g/mol. The van der Waals surface area contributed by atoms with Crippen LogP contribution >= 0.6 is 11.8 Å². The Morgan fingerprint density at radius 1 is 1.64 bits per heavy atom. The Kier molecular flexibility index (Phi) is 4.41. The Labute approximate surface area is 71.7 Å². The molecule has 0 aromatic rings. The predicted octanol–water partition coefficient (Wildman–Crippen LogP) is 2.66. The lowest BCUT2D eigenvalue weighted by Gasteiger charge is -2.06. The summed E-state index contributed by atoms with van der Waals surface area (Å²) in [5, 5.41) is 8.54. The Morgan fingerprint density at radius 2 is 2.18 bits per heavy atom. The molecule has 3 heteroatoms. The highest BCUT2D eigenvalue weighted by atomic mass is 32.2. The monoisotopic (exact) mass is 166 g/mol. The zero-order chi connectivity index (χ0) is 8.85. The molecular formula is C8H10N2S. The highest BCUT2D eigenvalue weighted by Crippen LogP contribution is 2.25. The van der Waals surface area contributed by atoms with Crippen molar-refractivity contribution in [2.24, 2.45) is 5.92 Å². The molecule has 0 heterocycles. The van der Waals surface area contributed by atoms with E-state index < -0.39 is 0 Å². The van der Waals surface area contributed by atoms with Crippen LogP contribution < -0.4 is 0 Å². The molecule has 0 aliphatic carbocycles. The SMILES string of the molecule is [C-]#[N+]C(C#N)=C(SC)C(C)C. The van der Waals surface area contributed by atoms with E-state index in [0.717, 1.165) is 4.91 Å². The first kappa shape index (κ1) is 10.1. The second-order valence-corrected chi connectivity index (χ2v) is 3.14. The van der Waals surface area contributed by atoms with Gasteiger partial charge in [-0.1, -0.05) is 13.8 Å². The first-order valence-electron chi connectivity index (χ1n) is 3.23. The van der Waals surface area contributed by atoms with Crippen molar-refractivity contribution >= 4 is 11.8 Å². The summed E-state index contributed by atoms with van der Waals surface area (Å²) >= 11 is 1.48. The molecule has 0 saturated heterocycles. The first-order chi connectivity index (χ1) is 5.17. The van der Waals surface area contributed by atoms with Gasteiger partial charge in [0.05, 0.1) is 12.6 Å². The van der Waals surface area contributed by atoms with Crippen LogP contribution in [0.5, 0.6) is 0 Å². The summed E-state index contributed by atoms with van der Waals surface area (Å²) in [6.07, 6.45) is 1.89. The van der Waals surface area contributed by atoms with Gasteiger partial charge in [-0.3, -0.25) is 0 Å². The van der Waals surface area contributed by atoms with E-state index in [2.05, 4.69) is 4.85 Å². The van der Waals surface area contributed by atoms with Crippen molar-refractivity contribution in [2.45, 2.75) is 13.8 Å². The second-order valence-electron chi connectivity index (χ2n) is 2.30. The molecule has 0 aromatic heterocycles. The van der Waals surface area contributed by atoms with Crippen molar-refractivity contribution in [2.75, 3.05) is 6.26 Å². The van der Waals surface area contributed by atoms with Gasteiger partial charge in [0.25, 0.3) is 5.70 Å². The van der Waals surface area contributed by atoms with Crippen molar-refractivity contribution in [1.82, 2.24) is 0 Å². The fraction of sp³-hybridized carbons (Fsp3) is 0.500. The second kappa shape index (κ2) is 4.82. The van der Waals surface area contributed by atoms with E-state index in [0.29, 0.717) is 0 Å². The van der Waals surface area contributed by atoms with Gasteiger partial charge in [0.2, 0.25) is 0 Å². The Morgan fingerprint density at radius 3 is 2.27 bits per heavy atom. The van der Waals surface area contributed by atoms with Crippen molar-refractivity contribution in [3.8, 4) is 6.07 Å². The van der Waals surface area contributed by atoms with E-state index in [1.165, 1.54) is 11.8 Å². The highest BCUT2D eigenvalue weighted by Gasteiger charge is 2.08. The molecule has 0 N–H and O–H groups in total. The van der Waals surface area contributed by atoms with Crippen LogP contribution in [0.15, 0.2) is 10.6 Å². The molecule has 0 aromatic carbocycles.